The van der Waals surface area contributed by atoms with Crippen LogP contribution in [0.25, 0.3) is 6.08 Å². The van der Waals surface area contributed by atoms with Gasteiger partial charge in [-0.2, -0.15) is 0 Å². The third-order valence-corrected chi connectivity index (χ3v) is 5.59. The van der Waals surface area contributed by atoms with E-state index in [0.29, 0.717) is 53.1 Å². The van der Waals surface area contributed by atoms with Gasteiger partial charge in [0.05, 0.1) is 57.4 Å². The number of carbonyl (C=O) groups is 1. The molecule has 2 N–H and O–H groups in total. The topological polar surface area (TPSA) is 121 Å². The minimum atomic E-state index is -3.89. The summed E-state index contributed by atoms with van der Waals surface area (Å²) in [6.07, 6.45) is 4.27. The SMILES string of the molecule is CCOC(=O)/C=C/CNc1cc(NS(=O)(=O)/C=C/c2c(OC)cc(OC)cc2OC)ccc1OC. The molecular weight excluding hydrogens is 476 g/mol. The molecule has 0 aliphatic carbocycles. The maximum Gasteiger partial charge on any atom is 0.330 e. The Hall–Kier alpha value is -3.86. The van der Waals surface area contributed by atoms with Crippen LogP contribution in [0.3, 0.4) is 0 Å². The van der Waals surface area contributed by atoms with Crippen molar-refractivity contribution < 1.29 is 36.9 Å². The normalized spacial score (nSPS) is 11.3. The highest BCUT2D eigenvalue weighted by Gasteiger charge is 2.14. The number of methoxy groups -OCH3 is 4. The van der Waals surface area contributed by atoms with E-state index in [1.54, 1.807) is 43.3 Å². The molecule has 0 saturated carbocycles. The largest absolute Gasteiger partial charge is 0.496 e. The first-order valence-corrected chi connectivity index (χ1v) is 12.1. The van der Waals surface area contributed by atoms with Crippen molar-refractivity contribution in [1.82, 2.24) is 0 Å². The lowest BCUT2D eigenvalue weighted by Gasteiger charge is -2.13. The third kappa shape index (κ3) is 8.14. The van der Waals surface area contributed by atoms with Crippen molar-refractivity contribution in [2.45, 2.75) is 6.92 Å². The summed E-state index contributed by atoms with van der Waals surface area (Å²) in [5, 5.41) is 4.08. The Kier molecular flexibility index (Phi) is 10.3. The fourth-order valence-corrected chi connectivity index (χ4v) is 3.82. The van der Waals surface area contributed by atoms with Gasteiger partial charge in [0.1, 0.15) is 23.0 Å². The molecule has 0 heterocycles. The number of hydrogen-bond donors (Lipinski definition) is 2. The molecule has 0 amide bonds. The highest BCUT2D eigenvalue weighted by molar-refractivity contribution is 7.95. The zero-order chi connectivity index (χ0) is 25.8. The summed E-state index contributed by atoms with van der Waals surface area (Å²) in [5.41, 5.74) is 1.27. The summed E-state index contributed by atoms with van der Waals surface area (Å²) in [7, 11) is 2.04. The number of hydrogen-bond acceptors (Lipinski definition) is 9. The van der Waals surface area contributed by atoms with Gasteiger partial charge in [-0.25, -0.2) is 13.2 Å². The fourth-order valence-electron chi connectivity index (χ4n) is 2.98. The highest BCUT2D eigenvalue weighted by Crippen LogP contribution is 2.35. The Labute approximate surface area is 205 Å². The first-order chi connectivity index (χ1) is 16.8. The van der Waals surface area contributed by atoms with Crippen molar-refractivity contribution in [2.24, 2.45) is 0 Å². The smallest absolute Gasteiger partial charge is 0.330 e. The minimum Gasteiger partial charge on any atom is -0.496 e. The van der Waals surface area contributed by atoms with Gasteiger partial charge >= 0.3 is 5.97 Å². The van der Waals surface area contributed by atoms with Gasteiger partial charge in [0.2, 0.25) is 0 Å². The maximum absolute atomic E-state index is 12.7. The summed E-state index contributed by atoms with van der Waals surface area (Å²) >= 11 is 0. The second-order valence-corrected chi connectivity index (χ2v) is 8.41. The van der Waals surface area contributed by atoms with Gasteiger partial charge in [0.25, 0.3) is 10.0 Å². The number of anilines is 2. The first-order valence-electron chi connectivity index (χ1n) is 10.5. The molecule has 35 heavy (non-hydrogen) atoms. The van der Waals surface area contributed by atoms with Crippen molar-refractivity contribution in [3.8, 4) is 23.0 Å². The molecule has 0 saturated heterocycles. The molecule has 0 unspecified atom stereocenters. The van der Waals surface area contributed by atoms with Crippen molar-refractivity contribution in [1.29, 1.82) is 0 Å². The molecule has 190 valence electrons. The van der Waals surface area contributed by atoms with E-state index >= 15 is 0 Å². The van der Waals surface area contributed by atoms with Crippen LogP contribution >= 0.6 is 0 Å². The molecule has 0 aliphatic rings. The minimum absolute atomic E-state index is 0.291. The van der Waals surface area contributed by atoms with Crippen LogP contribution in [0, 0.1) is 0 Å². The van der Waals surface area contributed by atoms with Crippen LogP contribution in [0.15, 0.2) is 47.9 Å². The van der Waals surface area contributed by atoms with Crippen LogP contribution in [-0.4, -0.2) is 56.0 Å². The van der Waals surface area contributed by atoms with Crippen LogP contribution in [-0.2, 0) is 19.6 Å². The number of ether oxygens (including phenoxy) is 5. The van der Waals surface area contributed by atoms with Crippen molar-refractivity contribution in [3.05, 3.63) is 53.5 Å². The molecule has 11 heteroatoms. The van der Waals surface area contributed by atoms with Crippen molar-refractivity contribution >= 4 is 33.4 Å². The van der Waals surface area contributed by atoms with Crippen molar-refractivity contribution in [3.63, 3.8) is 0 Å². The Morgan fingerprint density at radius 1 is 0.943 bits per heavy atom. The van der Waals surface area contributed by atoms with Gasteiger partial charge in [-0.15, -0.1) is 0 Å². The van der Waals surface area contributed by atoms with E-state index in [2.05, 4.69) is 10.0 Å². The second kappa shape index (κ2) is 13.1. The molecule has 0 aliphatic heterocycles. The predicted octanol–water partition coefficient (Wildman–Crippen LogP) is 3.66. The number of benzene rings is 2. The summed E-state index contributed by atoms with van der Waals surface area (Å²) < 4.78 is 54.0. The van der Waals surface area contributed by atoms with Gasteiger partial charge in [0.15, 0.2) is 0 Å². The van der Waals surface area contributed by atoms with Crippen LogP contribution in [0.1, 0.15) is 12.5 Å². The third-order valence-electron chi connectivity index (χ3n) is 4.58. The zero-order valence-corrected chi connectivity index (χ0v) is 21.1. The average Bonchev–Trinajstić information content (AvgIpc) is 2.84. The molecular formula is C24H30N2O8S. The summed E-state index contributed by atoms with van der Waals surface area (Å²) in [4.78, 5) is 11.4. The van der Waals surface area contributed by atoms with Gasteiger partial charge in [0, 0.05) is 24.8 Å². The van der Waals surface area contributed by atoms with Crippen LogP contribution < -0.4 is 29.0 Å². The molecule has 0 radical (unpaired) electrons. The van der Waals surface area contributed by atoms with E-state index in [0.717, 1.165) is 5.41 Å². The monoisotopic (exact) mass is 506 g/mol. The number of sulfonamides is 1. The molecule has 2 aromatic carbocycles. The first kappa shape index (κ1) is 27.4. The van der Waals surface area contributed by atoms with Gasteiger partial charge in [-0.05, 0) is 31.2 Å². The number of esters is 1. The Bertz CT molecular complexity index is 1150. The summed E-state index contributed by atoms with van der Waals surface area (Å²) in [5.74, 6) is 1.34. The van der Waals surface area contributed by atoms with E-state index in [1.165, 1.54) is 40.6 Å². The number of nitrogens with one attached hydrogen (secondary N) is 2. The lowest BCUT2D eigenvalue weighted by molar-refractivity contribution is -0.137. The highest BCUT2D eigenvalue weighted by atomic mass is 32.2. The Morgan fingerprint density at radius 3 is 2.17 bits per heavy atom. The lowest BCUT2D eigenvalue weighted by atomic mass is 10.1. The lowest BCUT2D eigenvalue weighted by Crippen LogP contribution is -2.10. The van der Waals surface area contributed by atoms with E-state index in [-0.39, 0.29) is 0 Å². The summed E-state index contributed by atoms with van der Waals surface area (Å²) in [6.45, 7) is 2.31. The molecule has 0 bridgehead atoms. The van der Waals surface area contributed by atoms with E-state index < -0.39 is 16.0 Å². The molecule has 10 nitrogen and oxygen atoms in total. The number of rotatable bonds is 13. The van der Waals surface area contributed by atoms with Gasteiger partial charge < -0.3 is 29.0 Å². The number of carbonyl (C=O) groups excluding carboxylic acids is 1. The predicted molar refractivity (Wildman–Crippen MR) is 135 cm³/mol. The van der Waals surface area contributed by atoms with Crippen LogP contribution in [0.4, 0.5) is 11.4 Å². The Morgan fingerprint density at radius 2 is 1.60 bits per heavy atom. The quantitative estimate of drug-likeness (QED) is 0.310. The van der Waals surface area contributed by atoms with Crippen LogP contribution in [0.5, 0.6) is 23.0 Å². The molecule has 0 spiro atoms. The molecule has 2 rings (SSSR count). The molecule has 0 aromatic heterocycles. The van der Waals surface area contributed by atoms with Gasteiger partial charge in [-0.3, -0.25) is 4.72 Å². The standard InChI is InChI=1S/C24H30N2O8S/c1-6-34-24(27)8-7-12-25-20-14-17(9-10-21(20)31-3)26-35(28,29)13-11-19-22(32-4)15-18(30-2)16-23(19)33-5/h7-11,13-16,25-26H,6,12H2,1-5H3/b8-7+,13-11+. The Balaban J connectivity index is 2.21. The molecule has 0 fully saturated rings. The zero-order valence-electron chi connectivity index (χ0n) is 20.3. The van der Waals surface area contributed by atoms with Gasteiger partial charge in [-0.1, -0.05) is 6.08 Å². The second-order valence-electron chi connectivity index (χ2n) is 6.85. The fraction of sp³-hybridized carbons (Fsp3) is 0.292. The molecule has 0 atom stereocenters. The molecule has 2 aromatic rings. The van der Waals surface area contributed by atoms with E-state index in [1.807, 2.05) is 0 Å². The maximum atomic E-state index is 12.7. The van der Waals surface area contributed by atoms with Crippen LogP contribution in [0.2, 0.25) is 0 Å². The van der Waals surface area contributed by atoms with Crippen molar-refractivity contribution in [2.75, 3.05) is 51.6 Å². The summed E-state index contributed by atoms with van der Waals surface area (Å²) in [6, 6.07) is 8.02. The van der Waals surface area contributed by atoms with E-state index in [4.69, 9.17) is 23.7 Å². The average molecular weight is 507 g/mol. The van der Waals surface area contributed by atoms with E-state index in [9.17, 15) is 13.2 Å².